The molecule has 0 aromatic carbocycles. The van der Waals surface area contributed by atoms with Crippen molar-refractivity contribution in [3.63, 3.8) is 0 Å². The Bertz CT molecular complexity index is 242. The van der Waals surface area contributed by atoms with E-state index in [1.165, 1.54) is 0 Å². The first-order valence-electron chi connectivity index (χ1n) is 6.61. The maximum absolute atomic E-state index is 9.36. The molecular formula is C13H25N3. The normalized spacial score (nSPS) is 29.6. The number of hydrogen-bond acceptors (Lipinski definition) is 3. The molecule has 1 N–H and O–H groups in total. The van der Waals surface area contributed by atoms with Crippen LogP contribution in [0.1, 0.15) is 46.5 Å². The number of rotatable bonds is 6. The average Bonchev–Trinajstić information content (AvgIpc) is 2.73. The molecule has 92 valence electrons. The minimum absolute atomic E-state index is 0.247. The van der Waals surface area contributed by atoms with Gasteiger partial charge < -0.3 is 4.90 Å². The van der Waals surface area contributed by atoms with Gasteiger partial charge in [0.25, 0.3) is 0 Å². The molecule has 3 heteroatoms. The summed E-state index contributed by atoms with van der Waals surface area (Å²) in [6, 6.07) is 3.10. The molecular weight excluding hydrogens is 198 g/mol. The quantitative estimate of drug-likeness (QED) is 0.750. The monoisotopic (exact) mass is 223 g/mol. The molecule has 0 spiro atoms. The average molecular weight is 223 g/mol. The van der Waals surface area contributed by atoms with E-state index in [1.54, 1.807) is 0 Å². The molecule has 0 radical (unpaired) electrons. The van der Waals surface area contributed by atoms with Crippen LogP contribution in [-0.4, -0.2) is 36.1 Å². The Morgan fingerprint density at radius 1 is 1.38 bits per heavy atom. The molecule has 2 atom stereocenters. The van der Waals surface area contributed by atoms with E-state index in [-0.39, 0.29) is 5.54 Å². The van der Waals surface area contributed by atoms with Gasteiger partial charge in [-0.05, 0) is 45.3 Å². The lowest BCUT2D eigenvalue weighted by atomic mass is 9.99. The minimum atomic E-state index is -0.247. The lowest BCUT2D eigenvalue weighted by molar-refractivity contribution is 0.212. The van der Waals surface area contributed by atoms with Crippen molar-refractivity contribution >= 4 is 0 Å². The van der Waals surface area contributed by atoms with Gasteiger partial charge in [-0.15, -0.1) is 0 Å². The highest BCUT2D eigenvalue weighted by molar-refractivity contribution is 5.13. The van der Waals surface area contributed by atoms with E-state index < -0.39 is 0 Å². The van der Waals surface area contributed by atoms with Gasteiger partial charge in [0.2, 0.25) is 0 Å². The van der Waals surface area contributed by atoms with E-state index in [2.05, 4.69) is 37.1 Å². The lowest BCUT2D eigenvalue weighted by Crippen LogP contribution is -2.44. The summed E-state index contributed by atoms with van der Waals surface area (Å²) in [6.45, 7) is 9.70. The highest BCUT2D eigenvalue weighted by Crippen LogP contribution is 2.32. The molecule has 16 heavy (non-hydrogen) atoms. The second kappa shape index (κ2) is 6.22. The van der Waals surface area contributed by atoms with Gasteiger partial charge in [0.05, 0.1) is 6.07 Å². The van der Waals surface area contributed by atoms with Gasteiger partial charge in [-0.1, -0.05) is 20.8 Å². The molecule has 0 aromatic heterocycles. The van der Waals surface area contributed by atoms with Crippen LogP contribution in [0, 0.1) is 11.3 Å². The smallest absolute Gasteiger partial charge is 0.108 e. The van der Waals surface area contributed by atoms with E-state index in [4.69, 9.17) is 0 Å². The van der Waals surface area contributed by atoms with Crippen LogP contribution in [0.2, 0.25) is 0 Å². The van der Waals surface area contributed by atoms with E-state index >= 15 is 0 Å². The van der Waals surface area contributed by atoms with Crippen molar-refractivity contribution in [1.82, 2.24) is 10.2 Å². The summed E-state index contributed by atoms with van der Waals surface area (Å²) < 4.78 is 0. The topological polar surface area (TPSA) is 39.1 Å². The summed E-state index contributed by atoms with van der Waals surface area (Å²) in [7, 11) is 0. The zero-order valence-corrected chi connectivity index (χ0v) is 10.9. The summed E-state index contributed by atoms with van der Waals surface area (Å²) in [4.78, 5) is 2.48. The molecule has 1 aliphatic carbocycles. The Labute approximate surface area is 99.8 Å². The van der Waals surface area contributed by atoms with Crippen molar-refractivity contribution in [3.8, 4) is 6.07 Å². The summed E-state index contributed by atoms with van der Waals surface area (Å²) in [5, 5.41) is 12.8. The molecule has 0 amide bonds. The zero-order chi connectivity index (χ0) is 12.0. The Kier molecular flexibility index (Phi) is 5.24. The Hall–Kier alpha value is -0.590. The molecule has 3 nitrogen and oxygen atoms in total. The summed E-state index contributed by atoms with van der Waals surface area (Å²) in [5.74, 6) is 0. The van der Waals surface area contributed by atoms with Crippen LogP contribution < -0.4 is 5.32 Å². The number of nitriles is 1. The lowest BCUT2D eigenvalue weighted by Gasteiger charge is -2.28. The van der Waals surface area contributed by atoms with Gasteiger partial charge in [0.1, 0.15) is 5.54 Å². The zero-order valence-electron chi connectivity index (χ0n) is 10.9. The highest BCUT2D eigenvalue weighted by Gasteiger charge is 2.40. The van der Waals surface area contributed by atoms with Crippen LogP contribution in [-0.2, 0) is 0 Å². The molecule has 0 saturated heterocycles. The molecule has 1 aliphatic rings. The molecule has 2 unspecified atom stereocenters. The molecule has 0 heterocycles. The van der Waals surface area contributed by atoms with Crippen LogP contribution >= 0.6 is 0 Å². The van der Waals surface area contributed by atoms with Crippen LogP contribution in [0.15, 0.2) is 0 Å². The van der Waals surface area contributed by atoms with E-state index in [9.17, 15) is 5.26 Å². The second-order valence-corrected chi connectivity index (χ2v) is 4.74. The minimum Gasteiger partial charge on any atom is -0.301 e. The molecule has 0 aliphatic heterocycles. The summed E-state index contributed by atoms with van der Waals surface area (Å²) >= 11 is 0. The van der Waals surface area contributed by atoms with E-state index in [1.807, 2.05) is 0 Å². The van der Waals surface area contributed by atoms with Gasteiger partial charge in [0, 0.05) is 6.04 Å². The van der Waals surface area contributed by atoms with Gasteiger partial charge >= 0.3 is 0 Å². The number of nitrogens with zero attached hydrogens (tertiary/aromatic N) is 2. The highest BCUT2D eigenvalue weighted by atomic mass is 15.2. The van der Waals surface area contributed by atoms with Crippen LogP contribution in [0.3, 0.4) is 0 Å². The largest absolute Gasteiger partial charge is 0.301 e. The predicted octanol–water partition coefficient (Wildman–Crippen LogP) is 2.14. The summed E-state index contributed by atoms with van der Waals surface area (Å²) in [5.41, 5.74) is -0.247. The first kappa shape index (κ1) is 13.5. The van der Waals surface area contributed by atoms with Crippen molar-refractivity contribution in [2.75, 3.05) is 19.6 Å². The Morgan fingerprint density at radius 2 is 2.06 bits per heavy atom. The fraction of sp³-hybridized carbons (Fsp3) is 0.923. The number of nitrogens with one attached hydrogen (secondary N) is 1. The fourth-order valence-electron chi connectivity index (χ4n) is 2.74. The second-order valence-electron chi connectivity index (χ2n) is 4.74. The first-order valence-corrected chi connectivity index (χ1v) is 6.61. The molecule has 1 rings (SSSR count). The maximum atomic E-state index is 9.36. The maximum Gasteiger partial charge on any atom is 0.108 e. The van der Waals surface area contributed by atoms with Gasteiger partial charge in [-0.2, -0.15) is 5.26 Å². The third-order valence-electron chi connectivity index (χ3n) is 3.74. The molecule has 1 saturated carbocycles. The fourth-order valence-corrected chi connectivity index (χ4v) is 2.74. The van der Waals surface area contributed by atoms with Crippen LogP contribution in [0.5, 0.6) is 0 Å². The third kappa shape index (κ3) is 2.96. The van der Waals surface area contributed by atoms with E-state index in [0.717, 1.165) is 45.3 Å². The molecule has 0 bridgehead atoms. The third-order valence-corrected chi connectivity index (χ3v) is 3.74. The van der Waals surface area contributed by atoms with Crippen molar-refractivity contribution in [1.29, 1.82) is 5.26 Å². The number of hydrogen-bond donors (Lipinski definition) is 1. The first-order chi connectivity index (χ1) is 7.71. The van der Waals surface area contributed by atoms with Crippen molar-refractivity contribution in [2.45, 2.75) is 58.0 Å². The Balaban J connectivity index is 2.57. The van der Waals surface area contributed by atoms with Crippen molar-refractivity contribution in [2.24, 2.45) is 0 Å². The standard InChI is InChI=1S/C13H25N3/c1-4-9-15-13(11-14)8-7-12(10-13)16(5-2)6-3/h12,15H,4-10H2,1-3H3. The molecule has 0 aromatic rings. The SMILES string of the molecule is CCCNC1(C#N)CCC(N(CC)CC)C1. The molecule has 1 fully saturated rings. The van der Waals surface area contributed by atoms with Gasteiger partial charge in [0.15, 0.2) is 0 Å². The van der Waals surface area contributed by atoms with Crippen molar-refractivity contribution in [3.05, 3.63) is 0 Å². The van der Waals surface area contributed by atoms with Gasteiger partial charge in [-0.25, -0.2) is 0 Å². The van der Waals surface area contributed by atoms with Crippen LogP contribution in [0.25, 0.3) is 0 Å². The van der Waals surface area contributed by atoms with Crippen molar-refractivity contribution < 1.29 is 0 Å². The van der Waals surface area contributed by atoms with Gasteiger partial charge in [-0.3, -0.25) is 5.32 Å². The van der Waals surface area contributed by atoms with Crippen LogP contribution in [0.4, 0.5) is 0 Å². The summed E-state index contributed by atoms with van der Waals surface area (Å²) in [6.07, 6.45) is 4.25. The predicted molar refractivity (Wildman–Crippen MR) is 67.2 cm³/mol. The van der Waals surface area contributed by atoms with E-state index in [0.29, 0.717) is 6.04 Å². The Morgan fingerprint density at radius 3 is 2.56 bits per heavy atom.